The molecule has 3 aromatic carbocycles. The highest BCUT2D eigenvalue weighted by molar-refractivity contribution is 5.97. The number of nitrogens with one attached hydrogen (secondary N) is 2. The molecule has 1 aliphatic carbocycles. The van der Waals surface area contributed by atoms with E-state index in [2.05, 4.69) is 81.8 Å². The van der Waals surface area contributed by atoms with Crippen LogP contribution in [0.1, 0.15) is 36.8 Å². The van der Waals surface area contributed by atoms with E-state index in [1.54, 1.807) is 0 Å². The summed E-state index contributed by atoms with van der Waals surface area (Å²) in [5, 5.41) is 7.74. The number of rotatable bonds is 7. The maximum atomic E-state index is 12.4. The number of benzene rings is 3. The average Bonchev–Trinajstić information content (AvgIpc) is 3.38. The first kappa shape index (κ1) is 25.6. The van der Waals surface area contributed by atoms with Crippen molar-refractivity contribution in [3.05, 3.63) is 108 Å². The third kappa shape index (κ3) is 5.69. The smallest absolute Gasteiger partial charge is 0.407 e. The van der Waals surface area contributed by atoms with Gasteiger partial charge in [-0.2, -0.15) is 0 Å². The van der Waals surface area contributed by atoms with Crippen molar-refractivity contribution in [1.82, 2.24) is 19.9 Å². The lowest BCUT2D eigenvalue weighted by molar-refractivity contribution is 0.132. The van der Waals surface area contributed by atoms with Gasteiger partial charge in [-0.15, -0.1) is 0 Å². The number of carbonyl (C=O) groups excluding carboxylic acids is 1. The number of amides is 1. The molecule has 202 valence electrons. The van der Waals surface area contributed by atoms with Gasteiger partial charge < -0.3 is 19.9 Å². The SMILES string of the molecule is Cc1cnc(N[C@@H]2CCC[C@H](NC(=O)OCc3ccccc3)C2)nc1-c1cn(-c2ccccc2)c2ccccc12. The van der Waals surface area contributed by atoms with Crippen molar-refractivity contribution in [2.24, 2.45) is 0 Å². The van der Waals surface area contributed by atoms with Crippen LogP contribution in [0.3, 0.4) is 0 Å². The summed E-state index contributed by atoms with van der Waals surface area (Å²) in [7, 11) is 0. The molecule has 1 fully saturated rings. The topological polar surface area (TPSA) is 81.1 Å². The average molecular weight is 532 g/mol. The Kier molecular flexibility index (Phi) is 7.44. The molecule has 6 rings (SSSR count). The summed E-state index contributed by atoms with van der Waals surface area (Å²) in [6, 6.07) is 28.7. The fourth-order valence-corrected chi connectivity index (χ4v) is 5.52. The van der Waals surface area contributed by atoms with Crippen LogP contribution in [0.15, 0.2) is 97.3 Å². The lowest BCUT2D eigenvalue weighted by Gasteiger charge is -2.30. The van der Waals surface area contributed by atoms with E-state index in [1.807, 2.05) is 42.6 Å². The highest BCUT2D eigenvalue weighted by Gasteiger charge is 2.25. The molecule has 5 aromatic rings. The van der Waals surface area contributed by atoms with Crippen molar-refractivity contribution in [3.8, 4) is 16.9 Å². The second-order valence-electron chi connectivity index (χ2n) is 10.4. The van der Waals surface area contributed by atoms with Crippen molar-refractivity contribution < 1.29 is 9.53 Å². The van der Waals surface area contributed by atoms with E-state index in [0.717, 1.165) is 64.7 Å². The number of anilines is 1. The Bertz CT molecular complexity index is 1600. The van der Waals surface area contributed by atoms with Gasteiger partial charge in [0.05, 0.1) is 11.2 Å². The molecule has 2 heterocycles. The Hall–Kier alpha value is -4.65. The van der Waals surface area contributed by atoms with E-state index in [0.29, 0.717) is 5.95 Å². The molecule has 40 heavy (non-hydrogen) atoms. The summed E-state index contributed by atoms with van der Waals surface area (Å²) in [4.78, 5) is 22.0. The quantitative estimate of drug-likeness (QED) is 0.235. The summed E-state index contributed by atoms with van der Waals surface area (Å²) in [5.41, 5.74) is 6.23. The summed E-state index contributed by atoms with van der Waals surface area (Å²) in [6.45, 7) is 2.32. The number of para-hydroxylation sites is 2. The third-order valence-corrected chi connectivity index (χ3v) is 7.52. The van der Waals surface area contributed by atoms with E-state index < -0.39 is 0 Å². The van der Waals surface area contributed by atoms with Crippen LogP contribution in [-0.2, 0) is 11.3 Å². The molecule has 0 bridgehead atoms. The summed E-state index contributed by atoms with van der Waals surface area (Å²) in [5.74, 6) is 0.606. The van der Waals surface area contributed by atoms with E-state index in [9.17, 15) is 4.79 Å². The molecule has 1 saturated carbocycles. The monoisotopic (exact) mass is 531 g/mol. The number of aromatic nitrogens is 3. The zero-order valence-electron chi connectivity index (χ0n) is 22.6. The standard InChI is InChI=1S/C33H33N5O2/c1-23-20-34-32(35-25-13-10-14-26(19-25)36-33(39)40-22-24-11-4-2-5-12-24)37-31(23)29-21-38(27-15-6-3-7-16-27)30-18-9-8-17-28(29)30/h2-9,11-12,15-18,20-21,25-26H,10,13-14,19,22H2,1H3,(H,36,39)(H,34,35,37)/t25-,26+/m1/s1. The molecule has 2 N–H and O–H groups in total. The molecule has 1 amide bonds. The number of hydrogen-bond acceptors (Lipinski definition) is 5. The van der Waals surface area contributed by atoms with Gasteiger partial charge in [0, 0.05) is 41.1 Å². The molecule has 0 radical (unpaired) electrons. The maximum Gasteiger partial charge on any atom is 0.407 e. The summed E-state index contributed by atoms with van der Waals surface area (Å²) >= 11 is 0. The van der Waals surface area contributed by atoms with Crippen LogP contribution in [0.4, 0.5) is 10.7 Å². The second kappa shape index (κ2) is 11.6. The van der Waals surface area contributed by atoms with Crippen molar-refractivity contribution >= 4 is 22.9 Å². The van der Waals surface area contributed by atoms with Gasteiger partial charge in [-0.3, -0.25) is 0 Å². The molecule has 7 heteroatoms. The van der Waals surface area contributed by atoms with E-state index in [4.69, 9.17) is 9.72 Å². The van der Waals surface area contributed by atoms with Crippen molar-refractivity contribution in [2.75, 3.05) is 5.32 Å². The number of hydrogen-bond donors (Lipinski definition) is 2. The number of alkyl carbamates (subject to hydrolysis) is 1. The lowest BCUT2D eigenvalue weighted by Crippen LogP contribution is -2.42. The second-order valence-corrected chi connectivity index (χ2v) is 10.4. The maximum absolute atomic E-state index is 12.4. The molecule has 7 nitrogen and oxygen atoms in total. The molecular formula is C33H33N5O2. The minimum absolute atomic E-state index is 0.0447. The Morgan fingerprint density at radius 2 is 1.68 bits per heavy atom. The predicted octanol–water partition coefficient (Wildman–Crippen LogP) is 7.05. The normalized spacial score (nSPS) is 16.9. The third-order valence-electron chi connectivity index (χ3n) is 7.52. The highest BCUT2D eigenvalue weighted by Crippen LogP contribution is 2.34. The van der Waals surface area contributed by atoms with Crippen LogP contribution < -0.4 is 10.6 Å². The highest BCUT2D eigenvalue weighted by atomic mass is 16.5. The Morgan fingerprint density at radius 3 is 2.50 bits per heavy atom. The van der Waals surface area contributed by atoms with E-state index in [-0.39, 0.29) is 24.8 Å². The van der Waals surface area contributed by atoms with Gasteiger partial charge >= 0.3 is 6.09 Å². The van der Waals surface area contributed by atoms with Crippen LogP contribution in [0.2, 0.25) is 0 Å². The Balaban J connectivity index is 1.17. The number of carbonyl (C=O) groups is 1. The number of aryl methyl sites for hydroxylation is 1. The molecule has 1 aliphatic rings. The van der Waals surface area contributed by atoms with Gasteiger partial charge in [0.15, 0.2) is 0 Å². The van der Waals surface area contributed by atoms with Crippen molar-refractivity contribution in [3.63, 3.8) is 0 Å². The predicted molar refractivity (Wildman–Crippen MR) is 158 cm³/mol. The van der Waals surface area contributed by atoms with Crippen LogP contribution in [-0.4, -0.2) is 32.7 Å². The lowest BCUT2D eigenvalue weighted by atomic mass is 9.91. The van der Waals surface area contributed by atoms with Crippen LogP contribution >= 0.6 is 0 Å². The minimum atomic E-state index is -0.377. The van der Waals surface area contributed by atoms with Crippen LogP contribution in [0.5, 0.6) is 0 Å². The van der Waals surface area contributed by atoms with Gasteiger partial charge in [0.25, 0.3) is 0 Å². The van der Waals surface area contributed by atoms with Crippen LogP contribution in [0, 0.1) is 6.92 Å². The van der Waals surface area contributed by atoms with Gasteiger partial charge in [-0.25, -0.2) is 14.8 Å². The molecule has 0 spiro atoms. The molecular weight excluding hydrogens is 498 g/mol. The zero-order chi connectivity index (χ0) is 27.3. The molecule has 0 saturated heterocycles. The van der Waals surface area contributed by atoms with Gasteiger partial charge in [0.2, 0.25) is 5.95 Å². The summed E-state index contributed by atoms with van der Waals surface area (Å²) in [6.07, 6.45) is 7.40. The molecule has 2 aromatic heterocycles. The zero-order valence-corrected chi connectivity index (χ0v) is 22.6. The van der Waals surface area contributed by atoms with Gasteiger partial charge in [-0.1, -0.05) is 66.7 Å². The Labute approximate surface area is 234 Å². The number of nitrogens with zero attached hydrogens (tertiary/aromatic N) is 3. The first-order valence-corrected chi connectivity index (χ1v) is 13.9. The number of ether oxygens (including phenoxy) is 1. The van der Waals surface area contributed by atoms with Crippen LogP contribution in [0.25, 0.3) is 27.8 Å². The van der Waals surface area contributed by atoms with Gasteiger partial charge in [-0.05, 0) is 61.9 Å². The van der Waals surface area contributed by atoms with Crippen molar-refractivity contribution in [2.45, 2.75) is 51.3 Å². The minimum Gasteiger partial charge on any atom is -0.445 e. The largest absolute Gasteiger partial charge is 0.445 e. The van der Waals surface area contributed by atoms with E-state index >= 15 is 0 Å². The van der Waals surface area contributed by atoms with Gasteiger partial charge in [0.1, 0.15) is 6.61 Å². The summed E-state index contributed by atoms with van der Waals surface area (Å²) < 4.78 is 7.65. The Morgan fingerprint density at radius 1 is 0.950 bits per heavy atom. The molecule has 0 aliphatic heterocycles. The van der Waals surface area contributed by atoms with E-state index in [1.165, 1.54) is 0 Å². The van der Waals surface area contributed by atoms with Crippen molar-refractivity contribution in [1.29, 1.82) is 0 Å². The fourth-order valence-electron chi connectivity index (χ4n) is 5.52. The first-order valence-electron chi connectivity index (χ1n) is 13.9. The fraction of sp³-hybridized carbons (Fsp3) is 0.242. The molecule has 0 unspecified atom stereocenters. The number of fused-ring (bicyclic) bond motifs is 1. The first-order chi connectivity index (χ1) is 19.6. The molecule has 2 atom stereocenters.